The first-order valence-corrected chi connectivity index (χ1v) is 4.98. The van der Waals surface area contributed by atoms with Gasteiger partial charge in [0.15, 0.2) is 0 Å². The molecule has 4 nitrogen and oxygen atoms in total. The lowest BCUT2D eigenvalue weighted by molar-refractivity contribution is -0.134. The standard InChI is InChI=1S/C10H18N2O2/c1-3-11-6-8-12(9-7-11)5-4-10(13)14-2/h4-5H,3,6-9H2,1-2H3. The molecule has 0 amide bonds. The van der Waals surface area contributed by atoms with Crippen LogP contribution in [0.3, 0.4) is 0 Å². The Morgan fingerprint density at radius 2 is 2.00 bits per heavy atom. The molecule has 4 heteroatoms. The normalized spacial score (nSPS) is 18.9. The van der Waals surface area contributed by atoms with Gasteiger partial charge in [0.25, 0.3) is 0 Å². The van der Waals surface area contributed by atoms with Crippen LogP contribution >= 0.6 is 0 Å². The lowest BCUT2D eigenvalue weighted by Gasteiger charge is -2.33. The van der Waals surface area contributed by atoms with Gasteiger partial charge in [0.1, 0.15) is 0 Å². The third kappa shape index (κ3) is 3.38. The highest BCUT2D eigenvalue weighted by Crippen LogP contribution is 2.01. The van der Waals surface area contributed by atoms with Crippen LogP contribution < -0.4 is 0 Å². The van der Waals surface area contributed by atoms with Crippen molar-refractivity contribution in [2.75, 3.05) is 39.8 Å². The molecule has 0 atom stereocenters. The highest BCUT2D eigenvalue weighted by molar-refractivity contribution is 5.81. The van der Waals surface area contributed by atoms with Gasteiger partial charge in [0.2, 0.25) is 0 Å². The zero-order valence-corrected chi connectivity index (χ0v) is 8.90. The van der Waals surface area contributed by atoms with E-state index in [1.54, 1.807) is 0 Å². The lowest BCUT2D eigenvalue weighted by atomic mass is 10.3. The molecule has 80 valence electrons. The van der Waals surface area contributed by atoms with Crippen LogP contribution in [0.5, 0.6) is 0 Å². The van der Waals surface area contributed by atoms with E-state index in [0.29, 0.717) is 0 Å². The molecule has 1 aliphatic heterocycles. The SMILES string of the molecule is CCN1CCN(C=CC(=O)OC)CC1. The molecule has 1 saturated heterocycles. The molecule has 0 saturated carbocycles. The Balaban J connectivity index is 2.28. The van der Waals surface area contributed by atoms with E-state index < -0.39 is 0 Å². The van der Waals surface area contributed by atoms with Crippen molar-refractivity contribution >= 4 is 5.97 Å². The van der Waals surface area contributed by atoms with Gasteiger partial charge >= 0.3 is 5.97 Å². The van der Waals surface area contributed by atoms with Crippen molar-refractivity contribution in [1.82, 2.24) is 9.80 Å². The summed E-state index contributed by atoms with van der Waals surface area (Å²) in [5, 5.41) is 0. The van der Waals surface area contributed by atoms with E-state index in [9.17, 15) is 4.79 Å². The average molecular weight is 198 g/mol. The van der Waals surface area contributed by atoms with Gasteiger partial charge in [-0.05, 0) is 6.54 Å². The topological polar surface area (TPSA) is 32.8 Å². The van der Waals surface area contributed by atoms with E-state index in [1.807, 2.05) is 6.20 Å². The predicted molar refractivity (Wildman–Crippen MR) is 54.8 cm³/mol. The molecule has 0 unspecified atom stereocenters. The Bertz CT molecular complexity index is 208. The van der Waals surface area contributed by atoms with E-state index in [-0.39, 0.29) is 5.97 Å². The number of esters is 1. The molecule has 14 heavy (non-hydrogen) atoms. The third-order valence-electron chi connectivity index (χ3n) is 2.48. The largest absolute Gasteiger partial charge is 0.466 e. The highest BCUT2D eigenvalue weighted by atomic mass is 16.5. The quantitative estimate of drug-likeness (QED) is 0.482. The Morgan fingerprint density at radius 3 is 2.50 bits per heavy atom. The van der Waals surface area contributed by atoms with Gasteiger partial charge in [-0.25, -0.2) is 4.79 Å². The van der Waals surface area contributed by atoms with Gasteiger partial charge in [-0.1, -0.05) is 6.92 Å². The number of ether oxygens (including phenoxy) is 1. The molecule has 0 spiro atoms. The van der Waals surface area contributed by atoms with Crippen molar-refractivity contribution in [3.05, 3.63) is 12.3 Å². The van der Waals surface area contributed by atoms with E-state index in [2.05, 4.69) is 21.5 Å². The fourth-order valence-electron chi connectivity index (χ4n) is 1.46. The van der Waals surface area contributed by atoms with E-state index in [4.69, 9.17) is 0 Å². The van der Waals surface area contributed by atoms with Crippen LogP contribution in [-0.4, -0.2) is 55.6 Å². The van der Waals surface area contributed by atoms with Crippen molar-refractivity contribution < 1.29 is 9.53 Å². The summed E-state index contributed by atoms with van der Waals surface area (Å²) in [6.07, 6.45) is 3.29. The summed E-state index contributed by atoms with van der Waals surface area (Å²) in [7, 11) is 1.39. The fraction of sp³-hybridized carbons (Fsp3) is 0.700. The summed E-state index contributed by atoms with van der Waals surface area (Å²) in [6, 6.07) is 0. The van der Waals surface area contributed by atoms with E-state index in [1.165, 1.54) is 13.2 Å². The van der Waals surface area contributed by atoms with Crippen LogP contribution in [0.15, 0.2) is 12.3 Å². The fourth-order valence-corrected chi connectivity index (χ4v) is 1.46. The van der Waals surface area contributed by atoms with Crippen molar-refractivity contribution in [3.8, 4) is 0 Å². The molecule has 0 aliphatic carbocycles. The minimum absolute atomic E-state index is 0.289. The molecule has 0 radical (unpaired) electrons. The number of carbonyl (C=O) groups is 1. The Kier molecular flexibility index (Phi) is 4.46. The molecule has 0 aromatic rings. The van der Waals surface area contributed by atoms with Crippen molar-refractivity contribution in [2.45, 2.75) is 6.92 Å². The molecule has 1 rings (SSSR count). The minimum Gasteiger partial charge on any atom is -0.466 e. The van der Waals surface area contributed by atoms with Crippen molar-refractivity contribution in [1.29, 1.82) is 0 Å². The summed E-state index contributed by atoms with van der Waals surface area (Å²) in [6.45, 7) is 7.39. The van der Waals surface area contributed by atoms with Crippen LogP contribution in [0.25, 0.3) is 0 Å². The van der Waals surface area contributed by atoms with Gasteiger partial charge < -0.3 is 14.5 Å². The Morgan fingerprint density at radius 1 is 1.36 bits per heavy atom. The number of hydrogen-bond donors (Lipinski definition) is 0. The number of likely N-dealkylation sites (N-methyl/N-ethyl adjacent to an activating group) is 1. The number of rotatable bonds is 3. The van der Waals surface area contributed by atoms with Gasteiger partial charge in [0.05, 0.1) is 7.11 Å². The summed E-state index contributed by atoms with van der Waals surface area (Å²) >= 11 is 0. The second kappa shape index (κ2) is 5.65. The molecule has 1 aliphatic rings. The maximum atomic E-state index is 10.8. The summed E-state index contributed by atoms with van der Waals surface area (Å²) in [4.78, 5) is 15.4. The zero-order valence-electron chi connectivity index (χ0n) is 8.90. The average Bonchev–Trinajstić information content (AvgIpc) is 2.26. The molecule has 0 N–H and O–H groups in total. The zero-order chi connectivity index (χ0) is 10.4. The summed E-state index contributed by atoms with van der Waals surface area (Å²) < 4.78 is 4.52. The van der Waals surface area contributed by atoms with E-state index >= 15 is 0 Å². The van der Waals surface area contributed by atoms with Gasteiger partial charge in [-0.2, -0.15) is 0 Å². The smallest absolute Gasteiger partial charge is 0.331 e. The van der Waals surface area contributed by atoms with Gasteiger partial charge in [-0.15, -0.1) is 0 Å². The molecule has 1 fully saturated rings. The second-order valence-corrected chi connectivity index (χ2v) is 3.31. The molecule has 0 aromatic carbocycles. The van der Waals surface area contributed by atoms with Crippen molar-refractivity contribution in [2.24, 2.45) is 0 Å². The van der Waals surface area contributed by atoms with Crippen LogP contribution in [0.4, 0.5) is 0 Å². The minimum atomic E-state index is -0.289. The molecule has 0 aromatic heterocycles. The maximum Gasteiger partial charge on any atom is 0.331 e. The first-order chi connectivity index (χ1) is 6.76. The summed E-state index contributed by atoms with van der Waals surface area (Å²) in [5.74, 6) is -0.289. The predicted octanol–water partition coefficient (Wildman–Crippen LogP) is 0.311. The first kappa shape index (κ1) is 11.0. The van der Waals surface area contributed by atoms with Gasteiger partial charge in [0, 0.05) is 38.5 Å². The molecular formula is C10H18N2O2. The van der Waals surface area contributed by atoms with E-state index in [0.717, 1.165) is 32.7 Å². The van der Waals surface area contributed by atoms with Crippen molar-refractivity contribution in [3.63, 3.8) is 0 Å². The third-order valence-corrected chi connectivity index (χ3v) is 2.48. The second-order valence-electron chi connectivity index (χ2n) is 3.31. The van der Waals surface area contributed by atoms with Gasteiger partial charge in [-0.3, -0.25) is 0 Å². The number of methoxy groups -OCH3 is 1. The molecule has 0 bridgehead atoms. The lowest BCUT2D eigenvalue weighted by Crippen LogP contribution is -2.43. The Hall–Kier alpha value is -1.03. The van der Waals surface area contributed by atoms with Crippen LogP contribution in [0.1, 0.15) is 6.92 Å². The molecule has 1 heterocycles. The van der Waals surface area contributed by atoms with Crippen LogP contribution in [0, 0.1) is 0 Å². The van der Waals surface area contributed by atoms with Crippen LogP contribution in [0.2, 0.25) is 0 Å². The number of hydrogen-bond acceptors (Lipinski definition) is 4. The number of carbonyl (C=O) groups excluding carboxylic acids is 1. The maximum absolute atomic E-state index is 10.8. The molecular weight excluding hydrogens is 180 g/mol. The summed E-state index contributed by atoms with van der Waals surface area (Å²) in [5.41, 5.74) is 0. The monoisotopic (exact) mass is 198 g/mol. The first-order valence-electron chi connectivity index (χ1n) is 4.98. The highest BCUT2D eigenvalue weighted by Gasteiger charge is 2.12. The number of piperazine rings is 1. The Labute approximate surface area is 85.1 Å². The van der Waals surface area contributed by atoms with Crippen LogP contribution in [-0.2, 0) is 9.53 Å². The number of nitrogens with zero attached hydrogens (tertiary/aromatic N) is 2.